The minimum atomic E-state index is -1.28. The molecule has 1 saturated heterocycles. The standard InChI is InChI=1S/C32H38O9/c1-32(2)39-21-27(41-32)29(33)30(40-31(34)26-16-10-5-11-17-26)28(38-23-36-19-25-14-8-4-9-15-25)20-37-22-35-18-24-12-6-3-7-13-24/h3-17,27-30,33H,18-23H2,1-2H3/t27-,28-,29-,30-/m1/s1. The van der Waals surface area contributed by atoms with Gasteiger partial charge in [-0.25, -0.2) is 4.79 Å². The fourth-order valence-electron chi connectivity index (χ4n) is 4.29. The predicted octanol–water partition coefficient (Wildman–Crippen LogP) is 4.47. The van der Waals surface area contributed by atoms with Gasteiger partial charge in [-0.3, -0.25) is 0 Å². The summed E-state index contributed by atoms with van der Waals surface area (Å²) in [6, 6.07) is 27.9. The maximum atomic E-state index is 13.1. The summed E-state index contributed by atoms with van der Waals surface area (Å²) in [4.78, 5) is 13.1. The molecule has 4 rings (SSSR count). The topological polar surface area (TPSA) is 102 Å². The molecule has 1 aliphatic heterocycles. The van der Waals surface area contributed by atoms with Crippen LogP contribution < -0.4 is 0 Å². The molecule has 0 radical (unpaired) electrons. The number of benzene rings is 3. The van der Waals surface area contributed by atoms with Gasteiger partial charge in [-0.15, -0.1) is 0 Å². The van der Waals surface area contributed by atoms with Crippen molar-refractivity contribution >= 4 is 5.97 Å². The molecule has 0 bridgehead atoms. The van der Waals surface area contributed by atoms with E-state index < -0.39 is 36.2 Å². The lowest BCUT2D eigenvalue weighted by atomic mass is 10.0. The summed E-state index contributed by atoms with van der Waals surface area (Å²) in [7, 11) is 0. The Labute approximate surface area is 240 Å². The minimum Gasteiger partial charge on any atom is -0.453 e. The molecule has 9 nitrogen and oxygen atoms in total. The SMILES string of the molecule is CC1(C)OC[C@H]([C@@H](O)[C@H](OC(=O)c2ccccc2)[C@@H](COCOCc2ccccc2)OCOCc2ccccc2)O1. The largest absolute Gasteiger partial charge is 0.453 e. The number of carbonyl (C=O) groups excluding carboxylic acids is 1. The lowest BCUT2D eigenvalue weighted by Crippen LogP contribution is -2.51. The molecule has 0 saturated carbocycles. The van der Waals surface area contributed by atoms with Crippen LogP contribution in [0.25, 0.3) is 0 Å². The molecule has 1 fully saturated rings. The van der Waals surface area contributed by atoms with Crippen LogP contribution in [0, 0.1) is 0 Å². The molecule has 0 unspecified atom stereocenters. The average molecular weight is 567 g/mol. The fourth-order valence-corrected chi connectivity index (χ4v) is 4.29. The van der Waals surface area contributed by atoms with Gasteiger partial charge in [0.1, 0.15) is 31.9 Å². The number of hydrogen-bond donors (Lipinski definition) is 1. The van der Waals surface area contributed by atoms with Gasteiger partial charge in [-0.2, -0.15) is 0 Å². The van der Waals surface area contributed by atoms with E-state index in [0.717, 1.165) is 11.1 Å². The van der Waals surface area contributed by atoms with E-state index in [1.54, 1.807) is 44.2 Å². The average Bonchev–Trinajstić information content (AvgIpc) is 3.37. The Morgan fingerprint density at radius 1 is 0.854 bits per heavy atom. The van der Waals surface area contributed by atoms with E-state index >= 15 is 0 Å². The summed E-state index contributed by atoms with van der Waals surface area (Å²) < 4.78 is 40.6. The number of hydrogen-bond acceptors (Lipinski definition) is 9. The van der Waals surface area contributed by atoms with Gasteiger partial charge < -0.3 is 38.3 Å². The number of ether oxygens (including phenoxy) is 7. The summed E-state index contributed by atoms with van der Waals surface area (Å²) in [6.45, 7) is 4.09. The first kappa shape index (κ1) is 30.8. The molecule has 9 heteroatoms. The molecular formula is C32H38O9. The zero-order chi connectivity index (χ0) is 28.9. The van der Waals surface area contributed by atoms with Crippen molar-refractivity contribution in [1.82, 2.24) is 0 Å². The number of esters is 1. The first-order valence-corrected chi connectivity index (χ1v) is 13.6. The van der Waals surface area contributed by atoms with Crippen LogP contribution in [0.4, 0.5) is 0 Å². The smallest absolute Gasteiger partial charge is 0.338 e. The Kier molecular flexibility index (Phi) is 11.8. The van der Waals surface area contributed by atoms with E-state index in [2.05, 4.69) is 0 Å². The molecule has 0 amide bonds. The van der Waals surface area contributed by atoms with Crippen LogP contribution in [0.1, 0.15) is 35.3 Å². The maximum absolute atomic E-state index is 13.1. The van der Waals surface area contributed by atoms with Crippen molar-refractivity contribution < 1.29 is 43.1 Å². The Bertz CT molecular complexity index is 1160. The summed E-state index contributed by atoms with van der Waals surface area (Å²) in [5.41, 5.74) is 2.31. The number of carbonyl (C=O) groups is 1. The summed E-state index contributed by atoms with van der Waals surface area (Å²) in [6.07, 6.45) is -4.12. The van der Waals surface area contributed by atoms with Crippen LogP contribution in [0.2, 0.25) is 0 Å². The van der Waals surface area contributed by atoms with E-state index in [-0.39, 0.29) is 26.8 Å². The quantitative estimate of drug-likeness (QED) is 0.153. The number of aliphatic hydroxyl groups excluding tert-OH is 1. The van der Waals surface area contributed by atoms with E-state index in [4.69, 9.17) is 33.2 Å². The maximum Gasteiger partial charge on any atom is 0.338 e. The van der Waals surface area contributed by atoms with Gasteiger partial charge >= 0.3 is 5.97 Å². The lowest BCUT2D eigenvalue weighted by molar-refractivity contribution is -0.201. The lowest BCUT2D eigenvalue weighted by Gasteiger charge is -2.32. The fraction of sp³-hybridized carbons (Fsp3) is 0.406. The van der Waals surface area contributed by atoms with Gasteiger partial charge in [0.25, 0.3) is 0 Å². The number of aliphatic hydroxyl groups is 1. The highest BCUT2D eigenvalue weighted by atomic mass is 16.7. The molecule has 4 atom stereocenters. The highest BCUT2D eigenvalue weighted by molar-refractivity contribution is 5.89. The highest BCUT2D eigenvalue weighted by Crippen LogP contribution is 2.28. The van der Waals surface area contributed by atoms with E-state index in [0.29, 0.717) is 18.8 Å². The third-order valence-corrected chi connectivity index (χ3v) is 6.40. The van der Waals surface area contributed by atoms with Gasteiger partial charge in [0, 0.05) is 0 Å². The molecule has 3 aromatic carbocycles. The normalized spacial score (nSPS) is 18.5. The van der Waals surface area contributed by atoms with Crippen molar-refractivity contribution in [2.24, 2.45) is 0 Å². The van der Waals surface area contributed by atoms with Crippen molar-refractivity contribution in [3.8, 4) is 0 Å². The van der Waals surface area contributed by atoms with Crippen LogP contribution in [0.3, 0.4) is 0 Å². The molecule has 0 aromatic heterocycles. The Morgan fingerprint density at radius 2 is 1.41 bits per heavy atom. The van der Waals surface area contributed by atoms with Gasteiger partial charge in [0.15, 0.2) is 11.9 Å². The van der Waals surface area contributed by atoms with Crippen LogP contribution in [-0.4, -0.2) is 68.1 Å². The molecule has 1 aliphatic rings. The molecule has 1 heterocycles. The summed E-state index contributed by atoms with van der Waals surface area (Å²) >= 11 is 0. The molecule has 0 aliphatic carbocycles. The Morgan fingerprint density at radius 3 is 1.98 bits per heavy atom. The van der Waals surface area contributed by atoms with Crippen LogP contribution in [0.5, 0.6) is 0 Å². The van der Waals surface area contributed by atoms with E-state index in [1.807, 2.05) is 60.7 Å². The third kappa shape index (κ3) is 10.0. The van der Waals surface area contributed by atoms with Crippen molar-refractivity contribution in [1.29, 1.82) is 0 Å². The van der Waals surface area contributed by atoms with Crippen molar-refractivity contribution in [3.63, 3.8) is 0 Å². The molecule has 41 heavy (non-hydrogen) atoms. The second-order valence-electron chi connectivity index (χ2n) is 10.1. The van der Waals surface area contributed by atoms with Crippen LogP contribution in [0.15, 0.2) is 91.0 Å². The zero-order valence-corrected chi connectivity index (χ0v) is 23.4. The second kappa shape index (κ2) is 15.7. The van der Waals surface area contributed by atoms with Crippen LogP contribution in [-0.2, 0) is 46.4 Å². The Hall–Kier alpha value is -3.15. The van der Waals surface area contributed by atoms with Gasteiger partial charge in [-0.05, 0) is 37.1 Å². The molecule has 1 N–H and O–H groups in total. The van der Waals surface area contributed by atoms with Crippen molar-refractivity contribution in [2.75, 3.05) is 26.8 Å². The monoisotopic (exact) mass is 566 g/mol. The number of rotatable bonds is 16. The minimum absolute atomic E-state index is 0.0366. The van der Waals surface area contributed by atoms with Gasteiger partial charge in [-0.1, -0.05) is 78.9 Å². The second-order valence-corrected chi connectivity index (χ2v) is 10.1. The van der Waals surface area contributed by atoms with E-state index in [9.17, 15) is 9.90 Å². The third-order valence-electron chi connectivity index (χ3n) is 6.40. The molecular weight excluding hydrogens is 528 g/mol. The van der Waals surface area contributed by atoms with E-state index in [1.165, 1.54) is 0 Å². The van der Waals surface area contributed by atoms with Crippen molar-refractivity contribution in [2.45, 2.75) is 57.3 Å². The summed E-state index contributed by atoms with van der Waals surface area (Å²) in [5, 5.41) is 11.4. The molecule has 0 spiro atoms. The highest BCUT2D eigenvalue weighted by Gasteiger charge is 2.44. The van der Waals surface area contributed by atoms with Gasteiger partial charge in [0.2, 0.25) is 0 Å². The first-order valence-electron chi connectivity index (χ1n) is 13.6. The predicted molar refractivity (Wildman–Crippen MR) is 150 cm³/mol. The molecule has 3 aromatic rings. The zero-order valence-electron chi connectivity index (χ0n) is 23.4. The van der Waals surface area contributed by atoms with Gasteiger partial charge in [0.05, 0.1) is 32.0 Å². The summed E-state index contributed by atoms with van der Waals surface area (Å²) in [5.74, 6) is -1.51. The Balaban J connectivity index is 1.44. The molecule has 220 valence electrons. The first-order chi connectivity index (χ1) is 19.9. The van der Waals surface area contributed by atoms with Crippen molar-refractivity contribution in [3.05, 3.63) is 108 Å². The van der Waals surface area contributed by atoms with Crippen LogP contribution >= 0.6 is 0 Å².